The molecule has 0 aliphatic heterocycles. The molecule has 0 spiro atoms. The molecule has 0 heterocycles. The molecule has 1 heteroatoms. The summed E-state index contributed by atoms with van der Waals surface area (Å²) in [6.45, 7) is 14.7. The maximum Gasteiger partial charge on any atom is 0.100 e. The quantitative estimate of drug-likeness (QED) is 0.570. The van der Waals surface area contributed by atoms with Crippen molar-refractivity contribution in [3.63, 3.8) is 0 Å². The highest BCUT2D eigenvalue weighted by Crippen LogP contribution is 2.25. The third-order valence-corrected chi connectivity index (χ3v) is 2.29. The zero-order valence-electron chi connectivity index (χ0n) is 10.5. The van der Waals surface area contributed by atoms with Gasteiger partial charge in [0.05, 0.1) is 5.76 Å². The fourth-order valence-electron chi connectivity index (χ4n) is 1.52. The van der Waals surface area contributed by atoms with Gasteiger partial charge in [-0.05, 0) is 33.6 Å². The molecule has 0 saturated heterocycles. The molecule has 0 radical (unpaired) electrons. The van der Waals surface area contributed by atoms with Crippen LogP contribution in [0.2, 0.25) is 0 Å². The lowest BCUT2D eigenvalue weighted by atomic mass is 9.97. The molecule has 0 aromatic carbocycles. The molecule has 1 atom stereocenters. The number of hydrogen-bond donors (Lipinski definition) is 0. The summed E-state index contributed by atoms with van der Waals surface area (Å²) in [5.74, 6) is 1.50. The minimum absolute atomic E-state index is 0.100. The summed E-state index contributed by atoms with van der Waals surface area (Å²) in [5.41, 5.74) is -0.100. The lowest BCUT2D eigenvalue weighted by Crippen LogP contribution is -2.21. The number of ether oxygens (including phenoxy) is 1. The monoisotopic (exact) mass is 198 g/mol. The highest BCUT2D eigenvalue weighted by Gasteiger charge is 2.18. The molecule has 0 aromatic rings. The van der Waals surface area contributed by atoms with E-state index in [0.717, 1.165) is 12.2 Å². The molecule has 0 fully saturated rings. The Morgan fingerprint density at radius 3 is 2.21 bits per heavy atom. The third kappa shape index (κ3) is 6.06. The Balaban J connectivity index is 4.04. The average Bonchev–Trinajstić information content (AvgIpc) is 2.02. The normalized spacial score (nSPS) is 13.8. The maximum absolute atomic E-state index is 5.79. The minimum atomic E-state index is -0.100. The van der Waals surface area contributed by atoms with Gasteiger partial charge in [-0.2, -0.15) is 0 Å². The molecule has 0 bridgehead atoms. The predicted octanol–water partition coefficient (Wildman–Crippen LogP) is 4.53. The number of hydrogen-bond acceptors (Lipinski definition) is 1. The van der Waals surface area contributed by atoms with Crippen molar-refractivity contribution >= 4 is 0 Å². The van der Waals surface area contributed by atoms with Crippen LogP contribution in [0.25, 0.3) is 0 Å². The Morgan fingerprint density at radius 2 is 1.86 bits per heavy atom. The van der Waals surface area contributed by atoms with E-state index in [1.165, 1.54) is 19.3 Å². The van der Waals surface area contributed by atoms with E-state index in [1.807, 2.05) is 0 Å². The van der Waals surface area contributed by atoms with Gasteiger partial charge in [0.15, 0.2) is 0 Å². The van der Waals surface area contributed by atoms with Crippen LogP contribution >= 0.6 is 0 Å². The topological polar surface area (TPSA) is 9.23 Å². The van der Waals surface area contributed by atoms with E-state index in [2.05, 4.69) is 41.2 Å². The Morgan fingerprint density at radius 1 is 1.29 bits per heavy atom. The summed E-state index contributed by atoms with van der Waals surface area (Å²) in [4.78, 5) is 0. The first kappa shape index (κ1) is 13.5. The molecule has 0 N–H and O–H groups in total. The van der Waals surface area contributed by atoms with Gasteiger partial charge in [0.25, 0.3) is 0 Å². The third-order valence-electron chi connectivity index (χ3n) is 2.29. The minimum Gasteiger partial charge on any atom is -0.493 e. The Kier molecular flexibility index (Phi) is 5.90. The van der Waals surface area contributed by atoms with Gasteiger partial charge in [0.2, 0.25) is 0 Å². The van der Waals surface area contributed by atoms with Crippen molar-refractivity contribution < 1.29 is 4.74 Å². The van der Waals surface area contributed by atoms with Crippen LogP contribution in [-0.4, -0.2) is 5.60 Å². The van der Waals surface area contributed by atoms with Crippen molar-refractivity contribution in [2.24, 2.45) is 5.92 Å². The summed E-state index contributed by atoms with van der Waals surface area (Å²) in [5, 5.41) is 0. The van der Waals surface area contributed by atoms with Crippen molar-refractivity contribution in [2.45, 2.75) is 65.9 Å². The molecule has 1 unspecified atom stereocenters. The lowest BCUT2D eigenvalue weighted by molar-refractivity contribution is 0.0328. The van der Waals surface area contributed by atoms with Gasteiger partial charge < -0.3 is 4.74 Å². The fraction of sp³-hybridized carbons (Fsp3) is 0.846. The van der Waals surface area contributed by atoms with Gasteiger partial charge in [0.1, 0.15) is 5.60 Å². The van der Waals surface area contributed by atoms with Crippen LogP contribution in [0, 0.1) is 5.92 Å². The summed E-state index contributed by atoms with van der Waals surface area (Å²) < 4.78 is 5.79. The summed E-state index contributed by atoms with van der Waals surface area (Å²) >= 11 is 0. The maximum atomic E-state index is 5.79. The second kappa shape index (κ2) is 6.10. The predicted molar refractivity (Wildman–Crippen MR) is 63.3 cm³/mol. The van der Waals surface area contributed by atoms with Crippen molar-refractivity contribution in [2.75, 3.05) is 0 Å². The molecule has 0 aromatic heterocycles. The first-order valence-corrected chi connectivity index (χ1v) is 5.78. The van der Waals surface area contributed by atoms with Crippen molar-refractivity contribution in [1.29, 1.82) is 0 Å². The fourth-order valence-corrected chi connectivity index (χ4v) is 1.52. The van der Waals surface area contributed by atoms with Gasteiger partial charge in [-0.25, -0.2) is 0 Å². The average molecular weight is 198 g/mol. The molecule has 0 saturated carbocycles. The molecule has 1 nitrogen and oxygen atoms in total. The van der Waals surface area contributed by atoms with Gasteiger partial charge in [-0.15, -0.1) is 0 Å². The molecule has 0 aliphatic carbocycles. The largest absolute Gasteiger partial charge is 0.493 e. The van der Waals surface area contributed by atoms with Crippen molar-refractivity contribution in [1.82, 2.24) is 0 Å². The highest BCUT2D eigenvalue weighted by molar-refractivity contribution is 4.92. The molecule has 0 aliphatic rings. The number of allylic oxidation sites excluding steroid dienone is 1. The Labute approximate surface area is 89.5 Å². The summed E-state index contributed by atoms with van der Waals surface area (Å²) in [7, 11) is 0. The zero-order valence-corrected chi connectivity index (χ0v) is 10.5. The van der Waals surface area contributed by atoms with Gasteiger partial charge >= 0.3 is 0 Å². The lowest BCUT2D eigenvalue weighted by Gasteiger charge is -2.27. The van der Waals surface area contributed by atoms with Crippen LogP contribution in [-0.2, 0) is 4.74 Å². The van der Waals surface area contributed by atoms with E-state index in [0.29, 0.717) is 5.92 Å². The van der Waals surface area contributed by atoms with E-state index < -0.39 is 0 Å². The van der Waals surface area contributed by atoms with Crippen molar-refractivity contribution in [3.8, 4) is 0 Å². The van der Waals surface area contributed by atoms with Gasteiger partial charge in [-0.1, -0.05) is 33.3 Å². The van der Waals surface area contributed by atoms with Crippen LogP contribution < -0.4 is 0 Å². The molecule has 84 valence electrons. The standard InChI is InChI=1S/C13H26O/c1-7-9-10-12(8-2)11(3)14-13(4,5)6/h12H,3,7-10H2,1-2,4-6H3. The SMILES string of the molecule is C=C(OC(C)(C)C)C(CC)CCCC. The first-order valence-electron chi connectivity index (χ1n) is 5.78. The van der Waals surface area contributed by atoms with Crippen LogP contribution in [0.1, 0.15) is 60.3 Å². The summed E-state index contributed by atoms with van der Waals surface area (Å²) in [6, 6.07) is 0. The van der Waals surface area contributed by atoms with Crippen LogP contribution in [0.15, 0.2) is 12.3 Å². The number of rotatable bonds is 6. The molecule has 0 amide bonds. The molecular formula is C13H26O. The first-order chi connectivity index (χ1) is 6.40. The van der Waals surface area contributed by atoms with Crippen LogP contribution in [0.5, 0.6) is 0 Å². The molecule has 14 heavy (non-hydrogen) atoms. The van der Waals surface area contributed by atoms with E-state index in [-0.39, 0.29) is 5.60 Å². The van der Waals surface area contributed by atoms with Crippen LogP contribution in [0.3, 0.4) is 0 Å². The smallest absolute Gasteiger partial charge is 0.100 e. The van der Waals surface area contributed by atoms with Gasteiger partial charge in [-0.3, -0.25) is 0 Å². The second-order valence-corrected chi connectivity index (χ2v) is 4.93. The second-order valence-electron chi connectivity index (χ2n) is 4.93. The number of unbranched alkanes of at least 4 members (excludes halogenated alkanes) is 1. The Hall–Kier alpha value is -0.460. The highest BCUT2D eigenvalue weighted by atomic mass is 16.5. The molecule has 0 rings (SSSR count). The van der Waals surface area contributed by atoms with E-state index in [4.69, 9.17) is 4.74 Å². The Bertz CT molecular complexity index is 165. The van der Waals surface area contributed by atoms with Crippen LogP contribution in [0.4, 0.5) is 0 Å². The van der Waals surface area contributed by atoms with E-state index in [9.17, 15) is 0 Å². The zero-order chi connectivity index (χ0) is 11.2. The van der Waals surface area contributed by atoms with E-state index >= 15 is 0 Å². The van der Waals surface area contributed by atoms with E-state index in [1.54, 1.807) is 0 Å². The van der Waals surface area contributed by atoms with Crippen molar-refractivity contribution in [3.05, 3.63) is 12.3 Å². The van der Waals surface area contributed by atoms with Gasteiger partial charge in [0, 0.05) is 5.92 Å². The summed E-state index contributed by atoms with van der Waals surface area (Å²) in [6.07, 6.45) is 4.86. The molecular weight excluding hydrogens is 172 g/mol.